The number of nitrogens with one attached hydrogen (secondary N) is 1. The van der Waals surface area contributed by atoms with Gasteiger partial charge >= 0.3 is 5.97 Å². The van der Waals surface area contributed by atoms with Gasteiger partial charge in [0.15, 0.2) is 0 Å². The van der Waals surface area contributed by atoms with Crippen LogP contribution >= 0.6 is 0 Å². The van der Waals surface area contributed by atoms with E-state index in [9.17, 15) is 14.7 Å². The number of carbonyl (C=O) groups is 2. The number of carbonyl (C=O) groups excluding carboxylic acids is 1. The molecule has 4 nitrogen and oxygen atoms in total. The van der Waals surface area contributed by atoms with Crippen molar-refractivity contribution in [2.24, 2.45) is 11.8 Å². The lowest BCUT2D eigenvalue weighted by Crippen LogP contribution is -2.29. The third-order valence-electron chi connectivity index (χ3n) is 3.07. The van der Waals surface area contributed by atoms with Crippen LogP contribution in [-0.2, 0) is 9.59 Å². The summed E-state index contributed by atoms with van der Waals surface area (Å²) in [6.45, 7) is 7.86. The lowest BCUT2D eigenvalue weighted by Gasteiger charge is -2.19. The van der Waals surface area contributed by atoms with Crippen molar-refractivity contribution in [2.75, 3.05) is 6.54 Å². The molecular formula is C14H25NO3. The monoisotopic (exact) mass is 255 g/mol. The summed E-state index contributed by atoms with van der Waals surface area (Å²) in [5.74, 6) is -1.46. The molecule has 0 rings (SSSR count). The molecule has 2 atom stereocenters. The molecule has 0 aliphatic rings. The molecule has 0 spiro atoms. The van der Waals surface area contributed by atoms with E-state index in [-0.39, 0.29) is 18.2 Å². The highest BCUT2D eigenvalue weighted by Gasteiger charge is 2.25. The lowest BCUT2D eigenvalue weighted by atomic mass is 9.86. The molecule has 4 heteroatoms. The zero-order chi connectivity index (χ0) is 14.0. The summed E-state index contributed by atoms with van der Waals surface area (Å²) in [6, 6.07) is 0. The average Bonchev–Trinajstić information content (AvgIpc) is 2.31. The number of rotatable bonds is 10. The van der Waals surface area contributed by atoms with E-state index < -0.39 is 11.9 Å². The fourth-order valence-electron chi connectivity index (χ4n) is 1.96. The Morgan fingerprint density at radius 3 is 2.56 bits per heavy atom. The van der Waals surface area contributed by atoms with E-state index in [1.807, 2.05) is 6.92 Å². The van der Waals surface area contributed by atoms with Crippen LogP contribution in [0.2, 0.25) is 0 Å². The first-order chi connectivity index (χ1) is 8.52. The van der Waals surface area contributed by atoms with Crippen molar-refractivity contribution < 1.29 is 14.7 Å². The standard InChI is InChI=1S/C14H25NO3/c1-4-6-7-8-12(14(17)18)11(3)10-13(16)15-9-5-2/h5,11-12H,2,4,6-10H2,1,3H3,(H,15,16)(H,17,18)/t11-,12+/m0/s1. The third kappa shape index (κ3) is 7.09. The quantitative estimate of drug-likeness (QED) is 0.466. The highest BCUT2D eigenvalue weighted by Crippen LogP contribution is 2.22. The molecule has 0 aromatic rings. The van der Waals surface area contributed by atoms with Gasteiger partial charge in [0, 0.05) is 13.0 Å². The average molecular weight is 255 g/mol. The van der Waals surface area contributed by atoms with E-state index in [1.165, 1.54) is 0 Å². The van der Waals surface area contributed by atoms with Crippen molar-refractivity contribution >= 4 is 11.9 Å². The van der Waals surface area contributed by atoms with Crippen LogP contribution in [0.5, 0.6) is 0 Å². The van der Waals surface area contributed by atoms with Gasteiger partial charge < -0.3 is 10.4 Å². The predicted molar refractivity (Wildman–Crippen MR) is 72.3 cm³/mol. The third-order valence-corrected chi connectivity index (χ3v) is 3.07. The van der Waals surface area contributed by atoms with Crippen LogP contribution in [0.1, 0.15) is 46.0 Å². The maximum absolute atomic E-state index is 11.5. The summed E-state index contributed by atoms with van der Waals surface area (Å²) >= 11 is 0. The first-order valence-corrected chi connectivity index (χ1v) is 6.63. The van der Waals surface area contributed by atoms with Crippen molar-refractivity contribution in [1.82, 2.24) is 5.32 Å². The van der Waals surface area contributed by atoms with Gasteiger partial charge in [-0.25, -0.2) is 0 Å². The normalized spacial score (nSPS) is 13.7. The van der Waals surface area contributed by atoms with E-state index in [4.69, 9.17) is 0 Å². The molecule has 0 saturated heterocycles. The molecule has 0 aromatic carbocycles. The van der Waals surface area contributed by atoms with E-state index in [2.05, 4.69) is 18.8 Å². The summed E-state index contributed by atoms with van der Waals surface area (Å²) in [6.07, 6.45) is 5.54. The number of hydrogen-bond donors (Lipinski definition) is 2. The number of carboxylic acid groups (broad SMARTS) is 1. The van der Waals surface area contributed by atoms with Crippen molar-refractivity contribution in [1.29, 1.82) is 0 Å². The smallest absolute Gasteiger partial charge is 0.306 e. The molecule has 0 bridgehead atoms. The van der Waals surface area contributed by atoms with E-state index in [0.29, 0.717) is 13.0 Å². The van der Waals surface area contributed by atoms with E-state index in [1.54, 1.807) is 6.08 Å². The van der Waals surface area contributed by atoms with Gasteiger partial charge in [0.05, 0.1) is 5.92 Å². The van der Waals surface area contributed by atoms with Crippen LogP contribution in [0.25, 0.3) is 0 Å². The van der Waals surface area contributed by atoms with Crippen LogP contribution < -0.4 is 5.32 Å². The number of unbranched alkanes of at least 4 members (excludes halogenated alkanes) is 2. The van der Waals surface area contributed by atoms with Crippen molar-refractivity contribution in [3.05, 3.63) is 12.7 Å². The Balaban J connectivity index is 4.20. The van der Waals surface area contributed by atoms with Crippen LogP contribution in [0.15, 0.2) is 12.7 Å². The minimum atomic E-state index is -0.796. The van der Waals surface area contributed by atoms with Gasteiger partial charge in [-0.2, -0.15) is 0 Å². The Kier molecular flexibility index (Phi) is 8.97. The molecule has 0 unspecified atom stereocenters. The van der Waals surface area contributed by atoms with Crippen LogP contribution in [0, 0.1) is 11.8 Å². The maximum atomic E-state index is 11.5. The molecule has 0 saturated carbocycles. The lowest BCUT2D eigenvalue weighted by molar-refractivity contribution is -0.144. The van der Waals surface area contributed by atoms with E-state index >= 15 is 0 Å². The number of amides is 1. The van der Waals surface area contributed by atoms with Gasteiger partial charge in [-0.15, -0.1) is 6.58 Å². The van der Waals surface area contributed by atoms with E-state index in [0.717, 1.165) is 19.3 Å². The molecule has 104 valence electrons. The highest BCUT2D eigenvalue weighted by atomic mass is 16.4. The second kappa shape index (κ2) is 9.68. The Hall–Kier alpha value is -1.32. The summed E-state index contributed by atoms with van der Waals surface area (Å²) in [5, 5.41) is 11.9. The van der Waals surface area contributed by atoms with Gasteiger partial charge in [0.2, 0.25) is 5.91 Å². The Labute approximate surface area is 109 Å². The number of carboxylic acids is 1. The predicted octanol–water partition coefficient (Wildman–Crippen LogP) is 2.60. The molecule has 0 heterocycles. The van der Waals surface area contributed by atoms with Crippen LogP contribution in [0.4, 0.5) is 0 Å². The first kappa shape index (κ1) is 16.7. The van der Waals surface area contributed by atoms with Crippen LogP contribution in [-0.4, -0.2) is 23.5 Å². The topological polar surface area (TPSA) is 66.4 Å². The first-order valence-electron chi connectivity index (χ1n) is 6.63. The molecule has 2 N–H and O–H groups in total. The largest absolute Gasteiger partial charge is 0.481 e. The summed E-state index contributed by atoms with van der Waals surface area (Å²) < 4.78 is 0. The zero-order valence-corrected chi connectivity index (χ0v) is 11.4. The Bertz CT molecular complexity index is 276. The van der Waals surface area contributed by atoms with Gasteiger partial charge in [0.25, 0.3) is 0 Å². The van der Waals surface area contributed by atoms with Gasteiger partial charge in [0.1, 0.15) is 0 Å². The zero-order valence-electron chi connectivity index (χ0n) is 11.4. The SMILES string of the molecule is C=CCNC(=O)C[C@H](C)[C@@H](CCCCC)C(=O)O. The molecule has 1 amide bonds. The number of aliphatic carboxylic acids is 1. The molecule has 0 aliphatic carbocycles. The minimum Gasteiger partial charge on any atom is -0.481 e. The van der Waals surface area contributed by atoms with Gasteiger partial charge in [-0.1, -0.05) is 39.2 Å². The fraction of sp³-hybridized carbons (Fsp3) is 0.714. The van der Waals surface area contributed by atoms with Crippen LogP contribution in [0.3, 0.4) is 0 Å². The summed E-state index contributed by atoms with van der Waals surface area (Å²) in [5.41, 5.74) is 0. The van der Waals surface area contributed by atoms with Crippen molar-refractivity contribution in [2.45, 2.75) is 46.0 Å². The summed E-state index contributed by atoms with van der Waals surface area (Å²) in [7, 11) is 0. The molecule has 0 aromatic heterocycles. The highest BCUT2D eigenvalue weighted by molar-refractivity contribution is 5.77. The fourth-order valence-corrected chi connectivity index (χ4v) is 1.96. The van der Waals surface area contributed by atoms with Crippen molar-refractivity contribution in [3.63, 3.8) is 0 Å². The molecule has 0 aliphatic heterocycles. The minimum absolute atomic E-state index is 0.107. The number of hydrogen-bond acceptors (Lipinski definition) is 2. The summed E-state index contributed by atoms with van der Waals surface area (Å²) in [4.78, 5) is 22.7. The van der Waals surface area contributed by atoms with Gasteiger partial charge in [-0.3, -0.25) is 9.59 Å². The molecular weight excluding hydrogens is 230 g/mol. The van der Waals surface area contributed by atoms with Crippen molar-refractivity contribution in [3.8, 4) is 0 Å². The second-order valence-electron chi connectivity index (χ2n) is 4.71. The maximum Gasteiger partial charge on any atom is 0.306 e. The molecule has 18 heavy (non-hydrogen) atoms. The Morgan fingerprint density at radius 1 is 1.39 bits per heavy atom. The molecule has 0 fully saturated rings. The van der Waals surface area contributed by atoms with Gasteiger partial charge in [-0.05, 0) is 12.3 Å². The Morgan fingerprint density at radius 2 is 2.06 bits per heavy atom. The molecule has 0 radical (unpaired) electrons. The second-order valence-corrected chi connectivity index (χ2v) is 4.71.